The number of carbonyl (C=O) groups excluding carboxylic acids is 1. The van der Waals surface area contributed by atoms with Gasteiger partial charge in [-0.1, -0.05) is 24.3 Å². The molecule has 0 aliphatic rings. The third-order valence-electron chi connectivity index (χ3n) is 4.67. The highest BCUT2D eigenvalue weighted by molar-refractivity contribution is 6.15. The molecule has 0 N–H and O–H groups in total. The van der Waals surface area contributed by atoms with E-state index in [1.54, 1.807) is 24.1 Å². The summed E-state index contributed by atoms with van der Waals surface area (Å²) in [7, 11) is 1.67. The zero-order chi connectivity index (χ0) is 23.0. The SMILES string of the molecule is C/C=C\C(=NC)c1ccccc1C(=O)N(CC)C(C)COc1ccc(C(F)(F)F)cn1. The number of nitrogens with zero attached hydrogens (tertiary/aromatic N) is 3. The van der Waals surface area contributed by atoms with Crippen molar-refractivity contribution in [2.24, 2.45) is 4.99 Å². The van der Waals surface area contributed by atoms with Crippen LogP contribution in [0.25, 0.3) is 0 Å². The highest BCUT2D eigenvalue weighted by Gasteiger charge is 2.31. The van der Waals surface area contributed by atoms with Crippen molar-refractivity contribution in [1.29, 1.82) is 0 Å². The molecule has 0 radical (unpaired) electrons. The fourth-order valence-corrected chi connectivity index (χ4v) is 3.08. The van der Waals surface area contributed by atoms with E-state index < -0.39 is 11.7 Å². The van der Waals surface area contributed by atoms with Crippen molar-refractivity contribution >= 4 is 11.6 Å². The molecule has 0 fully saturated rings. The maximum absolute atomic E-state index is 13.3. The zero-order valence-corrected chi connectivity index (χ0v) is 18.0. The van der Waals surface area contributed by atoms with Gasteiger partial charge >= 0.3 is 6.18 Å². The fourth-order valence-electron chi connectivity index (χ4n) is 3.08. The average Bonchev–Trinajstić information content (AvgIpc) is 2.76. The summed E-state index contributed by atoms with van der Waals surface area (Å²) in [6.45, 7) is 6.07. The van der Waals surface area contributed by atoms with Gasteiger partial charge in [-0.15, -0.1) is 0 Å². The lowest BCUT2D eigenvalue weighted by Gasteiger charge is -2.28. The maximum atomic E-state index is 13.3. The molecule has 166 valence electrons. The molecule has 1 aromatic heterocycles. The molecule has 1 aromatic carbocycles. The molecule has 0 saturated carbocycles. The number of allylic oxidation sites excluding steroid dienone is 2. The van der Waals surface area contributed by atoms with Gasteiger partial charge in [0.25, 0.3) is 5.91 Å². The first-order valence-electron chi connectivity index (χ1n) is 9.88. The number of halogens is 3. The van der Waals surface area contributed by atoms with Crippen LogP contribution in [-0.4, -0.2) is 47.7 Å². The summed E-state index contributed by atoms with van der Waals surface area (Å²) in [5.41, 5.74) is 1.09. The number of benzene rings is 1. The monoisotopic (exact) mass is 433 g/mol. The largest absolute Gasteiger partial charge is 0.475 e. The van der Waals surface area contributed by atoms with Crippen LogP contribution < -0.4 is 4.74 Å². The molecule has 2 aromatic rings. The average molecular weight is 433 g/mol. The summed E-state index contributed by atoms with van der Waals surface area (Å²) >= 11 is 0. The van der Waals surface area contributed by atoms with E-state index in [0.29, 0.717) is 17.8 Å². The van der Waals surface area contributed by atoms with E-state index in [0.717, 1.165) is 17.8 Å². The van der Waals surface area contributed by atoms with Crippen LogP contribution in [0.2, 0.25) is 0 Å². The molecule has 31 heavy (non-hydrogen) atoms. The smallest absolute Gasteiger partial charge is 0.417 e. The second-order valence-corrected chi connectivity index (χ2v) is 6.79. The van der Waals surface area contributed by atoms with E-state index in [4.69, 9.17) is 4.74 Å². The van der Waals surface area contributed by atoms with Crippen molar-refractivity contribution in [1.82, 2.24) is 9.88 Å². The number of aromatic nitrogens is 1. The minimum Gasteiger partial charge on any atom is -0.475 e. The molecule has 1 heterocycles. The minimum absolute atomic E-state index is 0.0669. The molecule has 2 rings (SSSR count). The van der Waals surface area contributed by atoms with E-state index >= 15 is 0 Å². The van der Waals surface area contributed by atoms with Crippen molar-refractivity contribution in [3.63, 3.8) is 0 Å². The highest BCUT2D eigenvalue weighted by Crippen LogP contribution is 2.29. The number of pyridine rings is 1. The molecule has 0 saturated heterocycles. The molecule has 0 aliphatic heterocycles. The van der Waals surface area contributed by atoms with Gasteiger partial charge in [-0.05, 0) is 39.0 Å². The Balaban J connectivity index is 2.16. The lowest BCUT2D eigenvalue weighted by atomic mass is 10.0. The molecule has 1 atom stereocenters. The van der Waals surface area contributed by atoms with E-state index in [-0.39, 0.29) is 24.4 Å². The second kappa shape index (κ2) is 10.7. The van der Waals surface area contributed by atoms with Crippen LogP contribution in [0.3, 0.4) is 0 Å². The van der Waals surface area contributed by atoms with Crippen molar-refractivity contribution < 1.29 is 22.7 Å². The molecule has 1 unspecified atom stereocenters. The molecular formula is C23H26F3N3O2. The van der Waals surface area contributed by atoms with Crippen molar-refractivity contribution in [2.45, 2.75) is 33.0 Å². The van der Waals surface area contributed by atoms with Crippen LogP contribution in [-0.2, 0) is 6.18 Å². The van der Waals surface area contributed by atoms with Crippen LogP contribution in [0.15, 0.2) is 59.7 Å². The van der Waals surface area contributed by atoms with Gasteiger partial charge in [0.05, 0.1) is 17.3 Å². The number of ether oxygens (including phenoxy) is 1. The first-order valence-corrected chi connectivity index (χ1v) is 9.88. The third kappa shape index (κ3) is 6.16. The summed E-state index contributed by atoms with van der Waals surface area (Å²) in [6.07, 6.45) is -0.0307. The summed E-state index contributed by atoms with van der Waals surface area (Å²) < 4.78 is 43.5. The molecular weight excluding hydrogens is 407 g/mol. The number of aliphatic imine (C=N–C) groups is 1. The predicted octanol–water partition coefficient (Wildman–Crippen LogP) is 5.03. The Morgan fingerprint density at radius 2 is 1.90 bits per heavy atom. The lowest BCUT2D eigenvalue weighted by molar-refractivity contribution is -0.137. The number of likely N-dealkylation sites (N-methyl/N-ethyl adjacent to an activating group) is 1. The Morgan fingerprint density at radius 3 is 2.42 bits per heavy atom. The van der Waals surface area contributed by atoms with Crippen LogP contribution in [0, 0.1) is 0 Å². The number of rotatable bonds is 8. The third-order valence-corrected chi connectivity index (χ3v) is 4.67. The number of hydrogen-bond acceptors (Lipinski definition) is 4. The summed E-state index contributed by atoms with van der Waals surface area (Å²) in [4.78, 5) is 22.9. The summed E-state index contributed by atoms with van der Waals surface area (Å²) in [5.74, 6) is -0.113. The number of alkyl halides is 3. The van der Waals surface area contributed by atoms with Crippen LogP contribution in [0.1, 0.15) is 42.3 Å². The van der Waals surface area contributed by atoms with Gasteiger partial charge in [0.15, 0.2) is 0 Å². The van der Waals surface area contributed by atoms with E-state index in [2.05, 4.69) is 9.98 Å². The Kier molecular flexibility index (Phi) is 8.36. The first kappa shape index (κ1) is 24.1. The number of carbonyl (C=O) groups is 1. The van der Waals surface area contributed by atoms with Gasteiger partial charge in [0.2, 0.25) is 5.88 Å². The summed E-state index contributed by atoms with van der Waals surface area (Å²) in [6, 6.07) is 8.98. The quantitative estimate of drug-likeness (QED) is 0.549. The molecule has 1 amide bonds. The van der Waals surface area contributed by atoms with Crippen molar-refractivity contribution in [3.05, 3.63) is 71.4 Å². The van der Waals surface area contributed by atoms with Gasteiger partial charge in [-0.3, -0.25) is 9.79 Å². The molecule has 0 aliphatic carbocycles. The van der Waals surface area contributed by atoms with Gasteiger partial charge < -0.3 is 9.64 Å². The standard InChI is InChI=1S/C23H26F3N3O2/c1-5-9-20(27-4)18-10-7-8-11-19(18)22(30)29(6-2)16(3)15-31-21-13-12-17(14-28-21)23(24,25)26/h5,7-14,16H,6,15H2,1-4H3/b9-5-,27-20?. The molecule has 5 nitrogen and oxygen atoms in total. The van der Waals surface area contributed by atoms with Gasteiger partial charge in [-0.2, -0.15) is 13.2 Å². The molecule has 8 heteroatoms. The Hall–Kier alpha value is -3.16. The molecule has 0 spiro atoms. The Morgan fingerprint density at radius 1 is 1.23 bits per heavy atom. The first-order chi connectivity index (χ1) is 14.7. The highest BCUT2D eigenvalue weighted by atomic mass is 19.4. The van der Waals surface area contributed by atoms with Crippen molar-refractivity contribution in [3.8, 4) is 5.88 Å². The normalized spacial score (nSPS) is 13.3. The number of hydrogen-bond donors (Lipinski definition) is 0. The van der Waals surface area contributed by atoms with E-state index in [9.17, 15) is 18.0 Å². The van der Waals surface area contributed by atoms with E-state index in [1.165, 1.54) is 6.07 Å². The Labute approximate surface area is 180 Å². The van der Waals surface area contributed by atoms with Gasteiger partial charge in [0.1, 0.15) is 6.61 Å². The lowest BCUT2D eigenvalue weighted by Crippen LogP contribution is -2.42. The summed E-state index contributed by atoms with van der Waals surface area (Å²) in [5, 5.41) is 0. The van der Waals surface area contributed by atoms with Gasteiger partial charge in [0, 0.05) is 37.0 Å². The maximum Gasteiger partial charge on any atom is 0.417 e. The van der Waals surface area contributed by atoms with Crippen LogP contribution in [0.4, 0.5) is 13.2 Å². The second-order valence-electron chi connectivity index (χ2n) is 6.79. The van der Waals surface area contributed by atoms with Crippen LogP contribution >= 0.6 is 0 Å². The minimum atomic E-state index is -4.45. The topological polar surface area (TPSA) is 54.8 Å². The fraction of sp³-hybridized carbons (Fsp3) is 0.348. The Bertz CT molecular complexity index is 938. The molecule has 0 bridgehead atoms. The van der Waals surface area contributed by atoms with Gasteiger partial charge in [-0.25, -0.2) is 4.98 Å². The number of amides is 1. The predicted molar refractivity (Wildman–Crippen MR) is 115 cm³/mol. The van der Waals surface area contributed by atoms with Crippen molar-refractivity contribution in [2.75, 3.05) is 20.2 Å². The zero-order valence-electron chi connectivity index (χ0n) is 18.0. The van der Waals surface area contributed by atoms with Crippen LogP contribution in [0.5, 0.6) is 5.88 Å². The van der Waals surface area contributed by atoms with E-state index in [1.807, 2.05) is 45.1 Å².